The minimum Gasteiger partial charge on any atom is -0.481 e. The predicted octanol–water partition coefficient (Wildman–Crippen LogP) is 0.557. The molecule has 17 heavy (non-hydrogen) atoms. The van der Waals surface area contributed by atoms with Gasteiger partial charge in [0, 0.05) is 25.5 Å². The van der Waals surface area contributed by atoms with E-state index in [2.05, 4.69) is 4.72 Å². The Morgan fingerprint density at radius 1 is 1.59 bits per heavy atom. The monoisotopic (exact) mass is 260 g/mol. The highest BCUT2D eigenvalue weighted by atomic mass is 32.2. The molecule has 0 fully saturated rings. The lowest BCUT2D eigenvalue weighted by molar-refractivity contribution is -0.137. The average Bonchev–Trinajstić information content (AvgIpc) is 2.63. The lowest BCUT2D eigenvalue weighted by Gasteiger charge is -2.14. The summed E-state index contributed by atoms with van der Waals surface area (Å²) in [6, 6.07) is 0.883. The standard InChI is InChI=1S/C10H16N2O4S/c1-3-8(6-10(13)14)11-17(15,16)9-4-5-12(2)7-9/h4-5,7-8,11H,3,6H2,1-2H3,(H,13,14). The molecule has 0 aromatic carbocycles. The number of aryl methyl sites for hydroxylation is 1. The second-order valence-electron chi connectivity index (χ2n) is 3.84. The molecule has 2 N–H and O–H groups in total. The van der Waals surface area contributed by atoms with E-state index in [0.29, 0.717) is 6.42 Å². The summed E-state index contributed by atoms with van der Waals surface area (Å²) >= 11 is 0. The molecule has 1 aromatic rings. The van der Waals surface area contributed by atoms with Crippen molar-refractivity contribution in [2.75, 3.05) is 0 Å². The van der Waals surface area contributed by atoms with E-state index in [1.807, 2.05) is 0 Å². The molecule has 0 aliphatic rings. The van der Waals surface area contributed by atoms with Crippen LogP contribution in [-0.2, 0) is 21.9 Å². The Labute approximate surface area is 100 Å². The van der Waals surface area contributed by atoms with Crippen molar-refractivity contribution in [3.63, 3.8) is 0 Å². The molecule has 0 saturated heterocycles. The molecule has 6 nitrogen and oxygen atoms in total. The second kappa shape index (κ2) is 5.33. The van der Waals surface area contributed by atoms with Crippen LogP contribution < -0.4 is 4.72 Å². The summed E-state index contributed by atoms with van der Waals surface area (Å²) < 4.78 is 27.8. The molecule has 1 rings (SSSR count). The van der Waals surface area contributed by atoms with Crippen molar-refractivity contribution in [1.82, 2.24) is 9.29 Å². The van der Waals surface area contributed by atoms with Gasteiger partial charge in [0.2, 0.25) is 10.0 Å². The summed E-state index contributed by atoms with van der Waals surface area (Å²) in [6.07, 6.45) is 3.30. The Morgan fingerprint density at radius 3 is 2.65 bits per heavy atom. The van der Waals surface area contributed by atoms with Crippen LogP contribution in [0.2, 0.25) is 0 Å². The quantitative estimate of drug-likeness (QED) is 0.782. The fourth-order valence-electron chi connectivity index (χ4n) is 1.40. The smallest absolute Gasteiger partial charge is 0.304 e. The van der Waals surface area contributed by atoms with Crippen molar-refractivity contribution < 1.29 is 18.3 Å². The van der Waals surface area contributed by atoms with Crippen molar-refractivity contribution in [2.45, 2.75) is 30.7 Å². The van der Waals surface area contributed by atoms with Gasteiger partial charge in [0.05, 0.1) is 11.3 Å². The highest BCUT2D eigenvalue weighted by Gasteiger charge is 2.21. The summed E-state index contributed by atoms with van der Waals surface area (Å²) in [5, 5.41) is 8.65. The molecule has 0 saturated carbocycles. The van der Waals surface area contributed by atoms with Crippen molar-refractivity contribution in [3.8, 4) is 0 Å². The first-order valence-electron chi connectivity index (χ1n) is 5.21. The zero-order chi connectivity index (χ0) is 13.1. The van der Waals surface area contributed by atoms with Crippen molar-refractivity contribution in [3.05, 3.63) is 18.5 Å². The number of rotatable bonds is 6. The summed E-state index contributed by atoms with van der Waals surface area (Å²) in [7, 11) is -1.91. The third-order valence-electron chi connectivity index (χ3n) is 2.35. The van der Waals surface area contributed by atoms with Gasteiger partial charge in [-0.1, -0.05) is 6.92 Å². The van der Waals surface area contributed by atoms with Crippen molar-refractivity contribution in [2.24, 2.45) is 7.05 Å². The molecule has 1 aromatic heterocycles. The SMILES string of the molecule is CCC(CC(=O)O)NS(=O)(=O)c1ccn(C)c1. The number of carboxylic acids is 1. The first-order chi connectivity index (χ1) is 7.85. The van der Waals surface area contributed by atoms with Gasteiger partial charge in [0.25, 0.3) is 0 Å². The summed E-state index contributed by atoms with van der Waals surface area (Å²) in [6.45, 7) is 1.74. The van der Waals surface area contributed by atoms with Crippen LogP contribution in [-0.4, -0.2) is 30.1 Å². The van der Waals surface area contributed by atoms with E-state index in [1.54, 1.807) is 24.7 Å². The molecule has 1 atom stereocenters. The van der Waals surface area contributed by atoms with Gasteiger partial charge in [0.15, 0.2) is 0 Å². The average molecular weight is 260 g/mol. The molecule has 0 spiro atoms. The largest absolute Gasteiger partial charge is 0.481 e. The first-order valence-corrected chi connectivity index (χ1v) is 6.69. The number of nitrogens with one attached hydrogen (secondary N) is 1. The molecule has 1 heterocycles. The molecule has 0 bridgehead atoms. The van der Waals surface area contributed by atoms with Gasteiger partial charge in [-0.25, -0.2) is 13.1 Å². The number of hydrogen-bond donors (Lipinski definition) is 2. The Bertz CT molecular complexity index is 492. The summed E-state index contributed by atoms with van der Waals surface area (Å²) in [5.74, 6) is -1.02. The van der Waals surface area contributed by atoms with E-state index in [1.165, 1.54) is 12.3 Å². The Kier molecular flexibility index (Phi) is 4.30. The van der Waals surface area contributed by atoms with Crippen molar-refractivity contribution >= 4 is 16.0 Å². The lowest BCUT2D eigenvalue weighted by Crippen LogP contribution is -2.35. The lowest BCUT2D eigenvalue weighted by atomic mass is 10.2. The van der Waals surface area contributed by atoms with Crippen LogP contribution in [0.15, 0.2) is 23.4 Å². The number of hydrogen-bond acceptors (Lipinski definition) is 3. The molecule has 96 valence electrons. The molecule has 0 radical (unpaired) electrons. The van der Waals surface area contributed by atoms with E-state index in [0.717, 1.165) is 0 Å². The minimum absolute atomic E-state index is 0.142. The van der Waals surface area contributed by atoms with Gasteiger partial charge in [0.1, 0.15) is 0 Å². The fraction of sp³-hybridized carbons (Fsp3) is 0.500. The molecule has 0 amide bonds. The van der Waals surface area contributed by atoms with Gasteiger partial charge >= 0.3 is 5.97 Å². The number of carbonyl (C=O) groups is 1. The predicted molar refractivity (Wildman–Crippen MR) is 62.1 cm³/mol. The number of carboxylic acid groups (broad SMARTS) is 1. The number of aromatic nitrogens is 1. The molecule has 7 heteroatoms. The van der Waals surface area contributed by atoms with Crippen LogP contribution in [0.25, 0.3) is 0 Å². The zero-order valence-electron chi connectivity index (χ0n) is 9.75. The summed E-state index contributed by atoms with van der Waals surface area (Å²) in [5.41, 5.74) is 0. The highest BCUT2D eigenvalue weighted by molar-refractivity contribution is 7.89. The fourth-order valence-corrected chi connectivity index (χ4v) is 2.77. The second-order valence-corrected chi connectivity index (χ2v) is 5.55. The van der Waals surface area contributed by atoms with Crippen LogP contribution in [0.3, 0.4) is 0 Å². The molecule has 0 aliphatic carbocycles. The highest BCUT2D eigenvalue weighted by Crippen LogP contribution is 2.11. The molecular weight excluding hydrogens is 244 g/mol. The van der Waals surface area contributed by atoms with E-state index in [9.17, 15) is 13.2 Å². The van der Waals surface area contributed by atoms with E-state index in [-0.39, 0.29) is 11.3 Å². The normalized spacial score (nSPS) is 13.5. The van der Waals surface area contributed by atoms with Gasteiger partial charge in [-0.3, -0.25) is 4.79 Å². The number of aliphatic carboxylic acids is 1. The Balaban J connectivity index is 2.81. The van der Waals surface area contributed by atoms with Gasteiger partial charge in [-0.05, 0) is 12.5 Å². The Morgan fingerprint density at radius 2 is 2.24 bits per heavy atom. The molecule has 0 aliphatic heterocycles. The third-order valence-corrected chi connectivity index (χ3v) is 3.86. The Hall–Kier alpha value is -1.34. The van der Waals surface area contributed by atoms with Crippen LogP contribution in [0.1, 0.15) is 19.8 Å². The first kappa shape index (κ1) is 13.7. The number of sulfonamides is 1. The van der Waals surface area contributed by atoms with Crippen LogP contribution >= 0.6 is 0 Å². The van der Waals surface area contributed by atoms with E-state index in [4.69, 9.17) is 5.11 Å². The maximum absolute atomic E-state index is 11.9. The van der Waals surface area contributed by atoms with Crippen LogP contribution in [0.5, 0.6) is 0 Å². The zero-order valence-corrected chi connectivity index (χ0v) is 10.6. The maximum Gasteiger partial charge on any atom is 0.304 e. The summed E-state index contributed by atoms with van der Waals surface area (Å²) in [4.78, 5) is 10.7. The topological polar surface area (TPSA) is 88.4 Å². The van der Waals surface area contributed by atoms with Crippen LogP contribution in [0.4, 0.5) is 0 Å². The van der Waals surface area contributed by atoms with Gasteiger partial charge < -0.3 is 9.67 Å². The third kappa shape index (κ3) is 3.86. The van der Waals surface area contributed by atoms with Crippen molar-refractivity contribution in [1.29, 1.82) is 0 Å². The van der Waals surface area contributed by atoms with Crippen LogP contribution in [0, 0.1) is 0 Å². The molecular formula is C10H16N2O4S. The molecule has 1 unspecified atom stereocenters. The van der Waals surface area contributed by atoms with E-state index >= 15 is 0 Å². The van der Waals surface area contributed by atoms with Gasteiger partial charge in [-0.15, -0.1) is 0 Å². The maximum atomic E-state index is 11.9. The van der Waals surface area contributed by atoms with E-state index < -0.39 is 22.0 Å². The van der Waals surface area contributed by atoms with Gasteiger partial charge in [-0.2, -0.15) is 0 Å². The number of nitrogens with zero attached hydrogens (tertiary/aromatic N) is 1. The minimum atomic E-state index is -3.63.